The molecule has 1 aliphatic rings. The summed E-state index contributed by atoms with van der Waals surface area (Å²) in [6, 6.07) is 1.44. The topological polar surface area (TPSA) is 70.2 Å². The van der Waals surface area contributed by atoms with Gasteiger partial charge in [0.05, 0.1) is 4.92 Å². The van der Waals surface area contributed by atoms with Gasteiger partial charge in [-0.05, 0) is 24.1 Å². The van der Waals surface area contributed by atoms with E-state index in [-0.39, 0.29) is 55.4 Å². The van der Waals surface area contributed by atoms with Crippen LogP contribution in [0.5, 0.6) is 0 Å². The van der Waals surface area contributed by atoms with Gasteiger partial charge in [0.2, 0.25) is 0 Å². The average molecular weight is 526 g/mol. The van der Waals surface area contributed by atoms with E-state index in [1.807, 2.05) is 0 Å². The average Bonchev–Trinajstić information content (AvgIpc) is 2.32. The first-order valence-electron chi connectivity index (χ1n) is 5.47. The maximum Gasteiger partial charge on any atom is 0.255 e. The molecule has 1 N–H and O–H groups in total. The van der Waals surface area contributed by atoms with Crippen molar-refractivity contribution in [3.63, 3.8) is 0 Å². The first-order valence-corrected chi connectivity index (χ1v) is 6.26. The zero-order valence-electron chi connectivity index (χ0n) is 10.1. The van der Waals surface area contributed by atoms with Gasteiger partial charge in [0.1, 0.15) is 0 Å². The molecule has 0 saturated carbocycles. The Morgan fingerprint density at radius 3 is 2.78 bits per heavy atom. The normalized spacial score (nSPS) is 14.8. The quantitative estimate of drug-likeness (QED) is 0.439. The van der Waals surface area contributed by atoms with E-state index < -0.39 is 4.92 Å². The minimum Gasteiger partial charge on any atom is -0.693 e. The van der Waals surface area contributed by atoms with Gasteiger partial charge in [-0.1, -0.05) is 28.5 Å². The Labute approximate surface area is 150 Å². The fraction of sp³-hybridized carbons (Fsp3) is 0.455. The van der Waals surface area contributed by atoms with Crippen molar-refractivity contribution in [2.75, 3.05) is 13.1 Å². The Hall–Kier alpha value is 0.302. The van der Waals surface area contributed by atoms with Crippen molar-refractivity contribution >= 4 is 27.3 Å². The van der Waals surface area contributed by atoms with Gasteiger partial charge in [-0.2, -0.15) is 0 Å². The van der Waals surface area contributed by atoms with E-state index in [4.69, 9.17) is 5.73 Å². The van der Waals surface area contributed by atoms with Gasteiger partial charge in [0, 0.05) is 67.7 Å². The van der Waals surface area contributed by atoms with Crippen LogP contribution >= 0.6 is 15.9 Å². The van der Waals surface area contributed by atoms with Gasteiger partial charge in [-0.3, -0.25) is 15.0 Å². The van der Waals surface area contributed by atoms with E-state index in [9.17, 15) is 10.1 Å². The van der Waals surface area contributed by atoms with Gasteiger partial charge in [0.15, 0.2) is 0 Å². The number of fused-ring (bicyclic) bond motifs is 1. The predicted octanol–water partition coefficient (Wildman–Crippen LogP) is 3.42. The van der Waals surface area contributed by atoms with Crippen LogP contribution in [0.15, 0.2) is 10.5 Å². The maximum atomic E-state index is 10.8. The molecule has 18 heavy (non-hydrogen) atoms. The molecule has 7 heteroatoms. The second-order valence-electron chi connectivity index (χ2n) is 4.09. The van der Waals surface area contributed by atoms with Crippen LogP contribution in [0.1, 0.15) is 18.1 Å². The van der Waals surface area contributed by atoms with Crippen molar-refractivity contribution < 1.29 is 49.0 Å². The third-order valence-electron chi connectivity index (χ3n) is 3.18. The van der Waals surface area contributed by atoms with Gasteiger partial charge in [0.25, 0.3) is 5.69 Å². The fourth-order valence-electron chi connectivity index (χ4n) is 2.16. The standard InChI is InChI=1S/C11H13BrN3O2.Ac/c1-2-14-4-3-7-8(6-14)9(12)5-10(11(7)13)15(16)17;/h5,13H,2-4,6H2,1H3;/q-1;. The van der Waals surface area contributed by atoms with Crippen LogP contribution in [0.4, 0.5) is 11.4 Å². The number of halogens is 1. The number of nitro benzene ring substituents is 1. The molecule has 0 unspecified atom stereocenters. The van der Waals surface area contributed by atoms with E-state index in [0.29, 0.717) is 6.42 Å². The predicted molar refractivity (Wildman–Crippen MR) is 69.4 cm³/mol. The Balaban J connectivity index is 0.00000162. The van der Waals surface area contributed by atoms with Crippen molar-refractivity contribution in [3.8, 4) is 0 Å². The minimum absolute atomic E-state index is 0. The maximum absolute atomic E-state index is 10.8. The number of rotatable bonds is 2. The summed E-state index contributed by atoms with van der Waals surface area (Å²) in [4.78, 5) is 12.6. The largest absolute Gasteiger partial charge is 0.693 e. The number of hydrogen-bond acceptors (Lipinski definition) is 3. The van der Waals surface area contributed by atoms with Gasteiger partial charge in [-0.15, -0.1) is 0 Å². The van der Waals surface area contributed by atoms with E-state index >= 15 is 0 Å². The molecule has 0 saturated heterocycles. The molecule has 95 valence electrons. The molecule has 0 spiro atoms. The van der Waals surface area contributed by atoms with Crippen molar-refractivity contribution in [2.45, 2.75) is 19.9 Å². The molecule has 1 heterocycles. The van der Waals surface area contributed by atoms with Crippen molar-refractivity contribution in [1.82, 2.24) is 4.90 Å². The number of nitrogens with zero attached hydrogens (tertiary/aromatic N) is 2. The summed E-state index contributed by atoms with van der Waals surface area (Å²) in [7, 11) is 0. The van der Waals surface area contributed by atoms with Crippen LogP contribution in [0.3, 0.4) is 0 Å². The van der Waals surface area contributed by atoms with Crippen LogP contribution in [0, 0.1) is 54.2 Å². The summed E-state index contributed by atoms with van der Waals surface area (Å²) >= 11 is 3.38. The second-order valence-corrected chi connectivity index (χ2v) is 4.94. The Kier molecular flexibility index (Phi) is 6.04. The van der Waals surface area contributed by atoms with Crippen LogP contribution in [0.25, 0.3) is 5.73 Å². The minimum atomic E-state index is -0.487. The molecular formula is C11H13AcBrN3O2-. The Bertz CT molecular complexity index is 482. The molecule has 0 amide bonds. The first kappa shape index (κ1) is 16.4. The molecule has 1 aromatic rings. The number of likely N-dealkylation sites (N-methyl/N-ethyl adjacent to an activating group) is 1. The molecule has 0 aliphatic carbocycles. The molecule has 1 aliphatic heterocycles. The van der Waals surface area contributed by atoms with E-state index in [2.05, 4.69) is 27.8 Å². The molecule has 0 fully saturated rings. The molecule has 1 radical (unpaired) electrons. The van der Waals surface area contributed by atoms with Crippen molar-refractivity contribution in [2.24, 2.45) is 0 Å². The number of nitro groups is 1. The first-order chi connectivity index (χ1) is 8.04. The van der Waals surface area contributed by atoms with E-state index in [0.717, 1.165) is 35.2 Å². The molecule has 0 bridgehead atoms. The summed E-state index contributed by atoms with van der Waals surface area (Å²) in [6.45, 7) is 4.67. The summed E-state index contributed by atoms with van der Waals surface area (Å²) in [6.07, 6.45) is 0.711. The SMILES string of the molecule is CCN1CCc2c([NH-])c([N+](=O)[O-])cc(Br)c2C1.[Ac]. The van der Waals surface area contributed by atoms with Crippen LogP contribution in [-0.2, 0) is 13.0 Å². The van der Waals surface area contributed by atoms with Crippen molar-refractivity contribution in [3.05, 3.63) is 37.5 Å². The summed E-state index contributed by atoms with van der Waals surface area (Å²) in [5.74, 6) is 0. The monoisotopic (exact) mass is 525 g/mol. The van der Waals surface area contributed by atoms with Gasteiger partial charge >= 0.3 is 0 Å². The number of nitrogens with one attached hydrogen (secondary N) is 1. The van der Waals surface area contributed by atoms with Crippen molar-refractivity contribution in [1.29, 1.82) is 0 Å². The van der Waals surface area contributed by atoms with E-state index in [1.54, 1.807) is 0 Å². The molecule has 5 nitrogen and oxygen atoms in total. The second kappa shape index (κ2) is 6.65. The molecule has 1 aromatic carbocycles. The third-order valence-corrected chi connectivity index (χ3v) is 3.89. The molecular weight excluding hydrogens is 513 g/mol. The van der Waals surface area contributed by atoms with Crippen LogP contribution in [-0.4, -0.2) is 22.9 Å². The van der Waals surface area contributed by atoms with E-state index in [1.165, 1.54) is 6.07 Å². The number of hydrogen-bond donors (Lipinski definition) is 0. The van der Waals surface area contributed by atoms with Crippen LogP contribution in [0.2, 0.25) is 0 Å². The third kappa shape index (κ3) is 3.06. The fourth-order valence-corrected chi connectivity index (χ4v) is 2.74. The van der Waals surface area contributed by atoms with Crippen LogP contribution < -0.4 is 0 Å². The van der Waals surface area contributed by atoms with Gasteiger partial charge in [-0.25, -0.2) is 0 Å². The summed E-state index contributed by atoms with van der Waals surface area (Å²) in [5, 5.41) is 10.8. The molecule has 0 atom stereocenters. The van der Waals surface area contributed by atoms with Gasteiger partial charge < -0.3 is 5.73 Å². The number of benzene rings is 1. The molecule has 0 aromatic heterocycles. The summed E-state index contributed by atoms with van der Waals surface area (Å²) in [5.41, 5.74) is 9.69. The Morgan fingerprint density at radius 1 is 1.56 bits per heavy atom. The molecule has 2 rings (SSSR count). The zero-order valence-corrected chi connectivity index (χ0v) is 16.4. The Morgan fingerprint density at radius 2 is 2.22 bits per heavy atom. The smallest absolute Gasteiger partial charge is 0.255 e. The zero-order chi connectivity index (χ0) is 12.6. The summed E-state index contributed by atoms with van der Waals surface area (Å²) < 4.78 is 0.744.